The first-order chi connectivity index (χ1) is 6.90. The topological polar surface area (TPSA) is 30.7 Å². The molecule has 2 aromatic rings. The highest BCUT2D eigenvalue weighted by atomic mass is 32.1. The summed E-state index contributed by atoms with van der Waals surface area (Å²) in [5.74, 6) is 1.15. The Balaban J connectivity index is 2.12. The maximum atomic E-state index is 4.33. The van der Waals surface area contributed by atoms with Crippen LogP contribution in [0, 0.1) is 0 Å². The van der Waals surface area contributed by atoms with Crippen molar-refractivity contribution in [2.24, 2.45) is 0 Å². The van der Waals surface area contributed by atoms with Gasteiger partial charge >= 0.3 is 0 Å². The van der Waals surface area contributed by atoms with E-state index in [4.69, 9.17) is 0 Å². The van der Waals surface area contributed by atoms with Crippen LogP contribution in [0.2, 0.25) is 0 Å². The summed E-state index contributed by atoms with van der Waals surface area (Å²) < 4.78 is 2.17. The lowest BCUT2D eigenvalue weighted by Gasteiger charge is -2.04. The highest BCUT2D eigenvalue weighted by Crippen LogP contribution is 2.07. The lowest BCUT2D eigenvalue weighted by atomic mass is 10.3. The van der Waals surface area contributed by atoms with Gasteiger partial charge in [0, 0.05) is 24.2 Å². The Kier molecular flexibility index (Phi) is 2.93. The lowest BCUT2D eigenvalue weighted by Crippen LogP contribution is -2.04. The van der Waals surface area contributed by atoms with Crippen LogP contribution in [-0.4, -0.2) is 14.5 Å². The second-order valence-corrected chi connectivity index (χ2v) is 3.92. The van der Waals surface area contributed by atoms with Gasteiger partial charge < -0.3 is 4.57 Å². The number of thiazole rings is 1. The monoisotopic (exact) mass is 207 g/mol. The molecule has 0 aliphatic carbocycles. The van der Waals surface area contributed by atoms with Crippen molar-refractivity contribution in [1.29, 1.82) is 0 Å². The molecule has 2 rings (SSSR count). The average molecular weight is 207 g/mol. The molecular weight excluding hydrogens is 194 g/mol. The molecule has 0 bridgehead atoms. The molecule has 3 nitrogen and oxygen atoms in total. The minimum atomic E-state index is 0.846. The number of hydrogen-bond donors (Lipinski definition) is 0. The van der Waals surface area contributed by atoms with E-state index in [1.165, 1.54) is 0 Å². The van der Waals surface area contributed by atoms with Gasteiger partial charge in [0.1, 0.15) is 5.82 Å². The first-order valence-corrected chi connectivity index (χ1v) is 5.71. The quantitative estimate of drug-likeness (QED) is 0.770. The van der Waals surface area contributed by atoms with Crippen molar-refractivity contribution in [2.45, 2.75) is 26.3 Å². The third-order valence-corrected chi connectivity index (χ3v) is 2.73. The van der Waals surface area contributed by atoms with Gasteiger partial charge in [-0.3, -0.25) is 0 Å². The van der Waals surface area contributed by atoms with Crippen molar-refractivity contribution >= 4 is 11.3 Å². The van der Waals surface area contributed by atoms with Crippen molar-refractivity contribution in [1.82, 2.24) is 14.5 Å². The van der Waals surface area contributed by atoms with Crippen LogP contribution in [0.1, 0.15) is 24.9 Å². The van der Waals surface area contributed by atoms with Crippen LogP contribution in [0.5, 0.6) is 0 Å². The Bertz CT molecular complexity index is 378. The van der Waals surface area contributed by atoms with E-state index in [0.29, 0.717) is 0 Å². The third-order valence-electron chi connectivity index (χ3n) is 2.09. The molecule has 0 aliphatic rings. The van der Waals surface area contributed by atoms with Crippen LogP contribution in [0.25, 0.3) is 0 Å². The Labute approximate surface area is 87.4 Å². The molecule has 0 amide bonds. The predicted molar refractivity (Wildman–Crippen MR) is 57.4 cm³/mol. The summed E-state index contributed by atoms with van der Waals surface area (Å²) in [7, 11) is 0. The Morgan fingerprint density at radius 1 is 1.43 bits per heavy atom. The minimum Gasteiger partial charge on any atom is -0.329 e. The molecule has 0 aromatic carbocycles. The SMILES string of the molecule is CCCc1nccn1Cc1cscn1. The van der Waals surface area contributed by atoms with Gasteiger partial charge in [0.05, 0.1) is 17.7 Å². The fourth-order valence-electron chi connectivity index (χ4n) is 1.43. The second-order valence-electron chi connectivity index (χ2n) is 3.20. The number of rotatable bonds is 4. The molecule has 74 valence electrons. The third kappa shape index (κ3) is 2.01. The lowest BCUT2D eigenvalue weighted by molar-refractivity contribution is 0.696. The zero-order chi connectivity index (χ0) is 9.80. The summed E-state index contributed by atoms with van der Waals surface area (Å²) in [6, 6.07) is 0. The van der Waals surface area contributed by atoms with Crippen molar-refractivity contribution in [3.63, 3.8) is 0 Å². The zero-order valence-electron chi connectivity index (χ0n) is 8.18. The molecule has 0 saturated heterocycles. The highest BCUT2D eigenvalue weighted by Gasteiger charge is 2.02. The molecule has 0 aliphatic heterocycles. The van der Waals surface area contributed by atoms with Gasteiger partial charge in [0.25, 0.3) is 0 Å². The van der Waals surface area contributed by atoms with E-state index in [2.05, 4.69) is 26.8 Å². The first kappa shape index (κ1) is 9.40. The largest absolute Gasteiger partial charge is 0.329 e. The normalized spacial score (nSPS) is 10.6. The zero-order valence-corrected chi connectivity index (χ0v) is 9.00. The van der Waals surface area contributed by atoms with Crippen LogP contribution in [0.4, 0.5) is 0 Å². The van der Waals surface area contributed by atoms with E-state index in [1.807, 2.05) is 17.9 Å². The van der Waals surface area contributed by atoms with Gasteiger partial charge in [-0.15, -0.1) is 11.3 Å². The van der Waals surface area contributed by atoms with Crippen LogP contribution < -0.4 is 0 Å². The molecule has 0 N–H and O–H groups in total. The van der Waals surface area contributed by atoms with Crippen molar-refractivity contribution in [3.05, 3.63) is 34.8 Å². The maximum absolute atomic E-state index is 4.33. The molecule has 0 fully saturated rings. The van der Waals surface area contributed by atoms with Crippen LogP contribution in [0.15, 0.2) is 23.3 Å². The molecule has 0 unspecified atom stereocenters. The van der Waals surface area contributed by atoms with Crippen molar-refractivity contribution in [2.75, 3.05) is 0 Å². The van der Waals surface area contributed by atoms with Crippen LogP contribution >= 0.6 is 11.3 Å². The van der Waals surface area contributed by atoms with Gasteiger partial charge in [-0.2, -0.15) is 0 Å². The molecule has 0 radical (unpaired) electrons. The summed E-state index contributed by atoms with van der Waals surface area (Å²) in [5.41, 5.74) is 2.98. The summed E-state index contributed by atoms with van der Waals surface area (Å²) in [4.78, 5) is 8.59. The van der Waals surface area contributed by atoms with E-state index in [1.54, 1.807) is 11.3 Å². The summed E-state index contributed by atoms with van der Waals surface area (Å²) in [6.45, 7) is 3.01. The van der Waals surface area contributed by atoms with Gasteiger partial charge in [-0.05, 0) is 6.42 Å². The number of aromatic nitrogens is 3. The van der Waals surface area contributed by atoms with Crippen molar-refractivity contribution in [3.8, 4) is 0 Å². The highest BCUT2D eigenvalue weighted by molar-refractivity contribution is 7.07. The molecule has 14 heavy (non-hydrogen) atoms. The van der Waals surface area contributed by atoms with Gasteiger partial charge in [-0.25, -0.2) is 9.97 Å². The maximum Gasteiger partial charge on any atom is 0.108 e. The molecule has 0 atom stereocenters. The molecule has 2 aromatic heterocycles. The minimum absolute atomic E-state index is 0.846. The van der Waals surface area contributed by atoms with Gasteiger partial charge in [0.15, 0.2) is 0 Å². The summed E-state index contributed by atoms with van der Waals surface area (Å²) in [6.07, 6.45) is 6.05. The van der Waals surface area contributed by atoms with E-state index in [-0.39, 0.29) is 0 Å². The first-order valence-electron chi connectivity index (χ1n) is 4.77. The van der Waals surface area contributed by atoms with E-state index < -0.39 is 0 Å². The smallest absolute Gasteiger partial charge is 0.108 e. The Morgan fingerprint density at radius 3 is 3.07 bits per heavy atom. The number of imidazole rings is 1. The summed E-state index contributed by atoms with van der Waals surface area (Å²) in [5, 5.41) is 2.08. The summed E-state index contributed by atoms with van der Waals surface area (Å²) >= 11 is 1.64. The van der Waals surface area contributed by atoms with Crippen LogP contribution in [0.3, 0.4) is 0 Å². The van der Waals surface area contributed by atoms with E-state index in [9.17, 15) is 0 Å². The fraction of sp³-hybridized carbons (Fsp3) is 0.400. The second kappa shape index (κ2) is 4.37. The number of aryl methyl sites for hydroxylation is 1. The van der Waals surface area contributed by atoms with E-state index in [0.717, 1.165) is 30.9 Å². The molecular formula is C10H13N3S. The predicted octanol–water partition coefficient (Wildman–Crippen LogP) is 2.34. The van der Waals surface area contributed by atoms with Gasteiger partial charge in [0.2, 0.25) is 0 Å². The fourth-order valence-corrected chi connectivity index (χ4v) is 1.98. The molecule has 4 heteroatoms. The van der Waals surface area contributed by atoms with E-state index >= 15 is 0 Å². The molecule has 0 saturated carbocycles. The molecule has 0 spiro atoms. The standard InChI is InChI=1S/C10H13N3S/c1-2-3-10-11-4-5-13(10)6-9-7-14-8-12-9/h4-5,7-8H,2-3,6H2,1H3. The van der Waals surface area contributed by atoms with Crippen LogP contribution in [-0.2, 0) is 13.0 Å². The van der Waals surface area contributed by atoms with Gasteiger partial charge in [-0.1, -0.05) is 6.92 Å². The molecule has 2 heterocycles. The Morgan fingerprint density at radius 2 is 2.36 bits per heavy atom. The Hall–Kier alpha value is -1.16. The number of hydrogen-bond acceptors (Lipinski definition) is 3. The van der Waals surface area contributed by atoms with Crippen molar-refractivity contribution < 1.29 is 0 Å². The number of nitrogens with zero attached hydrogens (tertiary/aromatic N) is 3. The average Bonchev–Trinajstić information content (AvgIpc) is 2.80.